The Morgan fingerprint density at radius 2 is 1.51 bits per heavy atom. The smallest absolute Gasteiger partial charge is 0.407 e. The minimum absolute atomic E-state index is 0.0185. The Kier molecular flexibility index (Phi) is 4.95. The number of rotatable bonds is 8. The van der Waals surface area contributed by atoms with Crippen LogP contribution in [0.15, 0.2) is 48.5 Å². The SMILES string of the molecule is O=C(NCC1(C(=O)NCC2(C(=O)O)CC2)CC12CCC2)OCC1c2ccccc2-c2ccccc21. The number of fused-ring (bicyclic) bond motifs is 3. The molecular weight excluding hydrogens is 444 g/mol. The monoisotopic (exact) mass is 474 g/mol. The van der Waals surface area contributed by atoms with Crippen molar-refractivity contribution >= 4 is 18.0 Å². The predicted molar refractivity (Wildman–Crippen MR) is 129 cm³/mol. The van der Waals surface area contributed by atoms with Crippen LogP contribution in [0.2, 0.25) is 0 Å². The largest absolute Gasteiger partial charge is 0.481 e. The molecule has 0 radical (unpaired) electrons. The number of benzene rings is 2. The number of carbonyl (C=O) groups is 3. The van der Waals surface area contributed by atoms with Gasteiger partial charge in [-0.1, -0.05) is 55.0 Å². The first-order valence-corrected chi connectivity index (χ1v) is 12.5. The summed E-state index contributed by atoms with van der Waals surface area (Å²) in [6.45, 7) is 0.602. The van der Waals surface area contributed by atoms with Crippen molar-refractivity contribution in [1.82, 2.24) is 10.6 Å². The van der Waals surface area contributed by atoms with Crippen LogP contribution in [-0.2, 0) is 14.3 Å². The summed E-state index contributed by atoms with van der Waals surface area (Å²) >= 11 is 0. The quantitative estimate of drug-likeness (QED) is 0.535. The first-order valence-electron chi connectivity index (χ1n) is 12.5. The Bertz CT molecular complexity index is 1170. The summed E-state index contributed by atoms with van der Waals surface area (Å²) in [5.74, 6) is -1.00. The number of aliphatic carboxylic acids is 1. The van der Waals surface area contributed by atoms with Crippen LogP contribution in [0.4, 0.5) is 4.79 Å². The van der Waals surface area contributed by atoms with Gasteiger partial charge in [0.05, 0.1) is 10.8 Å². The highest BCUT2D eigenvalue weighted by molar-refractivity contribution is 5.89. The van der Waals surface area contributed by atoms with Crippen LogP contribution in [0.3, 0.4) is 0 Å². The van der Waals surface area contributed by atoms with Crippen LogP contribution in [0, 0.1) is 16.2 Å². The molecule has 0 bridgehead atoms. The molecule has 182 valence electrons. The van der Waals surface area contributed by atoms with Crippen LogP contribution in [0.1, 0.15) is 55.6 Å². The van der Waals surface area contributed by atoms with E-state index >= 15 is 0 Å². The van der Waals surface area contributed by atoms with E-state index < -0.39 is 22.9 Å². The maximum atomic E-state index is 13.2. The molecule has 0 aromatic heterocycles. The highest BCUT2D eigenvalue weighted by Gasteiger charge is 2.73. The van der Waals surface area contributed by atoms with Gasteiger partial charge < -0.3 is 20.5 Å². The van der Waals surface area contributed by atoms with E-state index in [0.717, 1.165) is 36.8 Å². The lowest BCUT2D eigenvalue weighted by Crippen LogP contribution is -2.47. The highest BCUT2D eigenvalue weighted by Crippen LogP contribution is 2.73. The molecule has 6 rings (SSSR count). The van der Waals surface area contributed by atoms with Crippen LogP contribution >= 0.6 is 0 Å². The highest BCUT2D eigenvalue weighted by atomic mass is 16.5. The van der Waals surface area contributed by atoms with E-state index in [-0.39, 0.29) is 36.9 Å². The lowest BCUT2D eigenvalue weighted by Gasteiger charge is -2.32. The first-order chi connectivity index (χ1) is 16.9. The number of amides is 2. The number of carboxylic acid groups (broad SMARTS) is 1. The van der Waals surface area contributed by atoms with Gasteiger partial charge in [-0.15, -0.1) is 0 Å². The second kappa shape index (κ2) is 7.83. The third kappa shape index (κ3) is 3.43. The van der Waals surface area contributed by atoms with E-state index in [1.54, 1.807) is 0 Å². The van der Waals surface area contributed by atoms with Crippen LogP contribution in [-0.4, -0.2) is 42.8 Å². The fourth-order valence-corrected chi connectivity index (χ4v) is 6.35. The molecule has 0 saturated heterocycles. The fourth-order valence-electron chi connectivity index (χ4n) is 6.35. The Hall–Kier alpha value is -3.35. The van der Waals surface area contributed by atoms with E-state index in [1.807, 2.05) is 24.3 Å². The molecule has 3 fully saturated rings. The lowest BCUT2D eigenvalue weighted by molar-refractivity contribution is -0.143. The van der Waals surface area contributed by atoms with Gasteiger partial charge in [0.25, 0.3) is 0 Å². The number of carbonyl (C=O) groups excluding carboxylic acids is 2. The van der Waals surface area contributed by atoms with Gasteiger partial charge in [0.2, 0.25) is 5.91 Å². The molecule has 0 aliphatic heterocycles. The van der Waals surface area contributed by atoms with Gasteiger partial charge in [-0.2, -0.15) is 0 Å². The number of carboxylic acids is 1. The van der Waals surface area contributed by atoms with Crippen molar-refractivity contribution in [3.8, 4) is 11.1 Å². The molecule has 2 aromatic carbocycles. The average Bonchev–Trinajstić information content (AvgIpc) is 3.74. The molecule has 3 saturated carbocycles. The van der Waals surface area contributed by atoms with Crippen molar-refractivity contribution in [3.63, 3.8) is 0 Å². The van der Waals surface area contributed by atoms with Crippen LogP contribution in [0.25, 0.3) is 11.1 Å². The van der Waals surface area contributed by atoms with E-state index in [1.165, 1.54) is 11.1 Å². The van der Waals surface area contributed by atoms with E-state index in [9.17, 15) is 19.5 Å². The average molecular weight is 475 g/mol. The predicted octanol–water partition coefficient (Wildman–Crippen LogP) is 4.07. The van der Waals surface area contributed by atoms with Crippen molar-refractivity contribution in [3.05, 3.63) is 59.7 Å². The zero-order valence-electron chi connectivity index (χ0n) is 19.6. The third-order valence-electron chi connectivity index (χ3n) is 9.05. The molecule has 1 atom stereocenters. The van der Waals surface area contributed by atoms with Gasteiger partial charge >= 0.3 is 12.1 Å². The molecule has 7 nitrogen and oxygen atoms in total. The van der Waals surface area contributed by atoms with Crippen LogP contribution in [0.5, 0.6) is 0 Å². The molecule has 2 amide bonds. The van der Waals surface area contributed by atoms with Crippen molar-refractivity contribution in [2.75, 3.05) is 19.7 Å². The Morgan fingerprint density at radius 1 is 0.886 bits per heavy atom. The summed E-state index contributed by atoms with van der Waals surface area (Å²) in [6.07, 6.45) is 4.42. The zero-order valence-corrected chi connectivity index (χ0v) is 19.6. The second-order valence-electron chi connectivity index (χ2n) is 10.8. The zero-order chi connectivity index (χ0) is 24.3. The molecule has 1 unspecified atom stereocenters. The summed E-state index contributed by atoms with van der Waals surface area (Å²) in [5, 5.41) is 15.2. The number of hydrogen-bond donors (Lipinski definition) is 3. The second-order valence-corrected chi connectivity index (χ2v) is 10.8. The number of alkyl carbamates (subject to hydrolysis) is 1. The summed E-state index contributed by atoms with van der Waals surface area (Å²) in [6, 6.07) is 16.4. The molecule has 2 aromatic rings. The van der Waals surface area contributed by atoms with Crippen molar-refractivity contribution < 1.29 is 24.2 Å². The topological polar surface area (TPSA) is 105 Å². The molecule has 0 heterocycles. The standard InChI is InChI=1S/C28H30N2O5/c31-23(29-16-26(12-13-26)24(32)33)28(15-27(28)10-5-11-27)17-30-25(34)35-14-22-20-8-3-1-6-18(20)19-7-2-4-9-21(19)22/h1-4,6-9,22H,5,10-17H2,(H,29,31)(H,30,34)(H,32,33). The summed E-state index contributed by atoms with van der Waals surface area (Å²) in [5.41, 5.74) is 3.12. The Morgan fingerprint density at radius 3 is 2.03 bits per heavy atom. The molecule has 4 aliphatic rings. The van der Waals surface area contributed by atoms with Gasteiger partial charge in [-0.25, -0.2) is 4.79 Å². The molecule has 1 spiro atoms. The number of nitrogens with one attached hydrogen (secondary N) is 2. The molecule has 4 aliphatic carbocycles. The summed E-state index contributed by atoms with van der Waals surface area (Å²) in [4.78, 5) is 37.4. The van der Waals surface area contributed by atoms with Crippen molar-refractivity contribution in [2.24, 2.45) is 16.2 Å². The maximum absolute atomic E-state index is 13.2. The Balaban J connectivity index is 1.08. The van der Waals surface area contributed by atoms with E-state index in [2.05, 4.69) is 34.9 Å². The maximum Gasteiger partial charge on any atom is 0.407 e. The van der Waals surface area contributed by atoms with Gasteiger partial charge in [-0.05, 0) is 59.8 Å². The third-order valence-corrected chi connectivity index (χ3v) is 9.05. The van der Waals surface area contributed by atoms with Gasteiger partial charge in [0, 0.05) is 19.0 Å². The van der Waals surface area contributed by atoms with Gasteiger partial charge in [-0.3, -0.25) is 9.59 Å². The minimum Gasteiger partial charge on any atom is -0.481 e. The number of hydrogen-bond acceptors (Lipinski definition) is 4. The molecule has 3 N–H and O–H groups in total. The van der Waals surface area contributed by atoms with E-state index in [0.29, 0.717) is 12.8 Å². The Labute approximate surface area is 204 Å². The molecule has 35 heavy (non-hydrogen) atoms. The van der Waals surface area contributed by atoms with Crippen LogP contribution < -0.4 is 10.6 Å². The van der Waals surface area contributed by atoms with Gasteiger partial charge in [0.15, 0.2) is 0 Å². The van der Waals surface area contributed by atoms with Crippen molar-refractivity contribution in [1.29, 1.82) is 0 Å². The number of ether oxygens (including phenoxy) is 1. The molecule has 7 heteroatoms. The minimum atomic E-state index is -0.849. The van der Waals surface area contributed by atoms with Crippen molar-refractivity contribution in [2.45, 2.75) is 44.4 Å². The fraction of sp³-hybridized carbons (Fsp3) is 0.464. The molecular formula is C28H30N2O5. The summed E-state index contributed by atoms with van der Waals surface area (Å²) < 4.78 is 5.66. The van der Waals surface area contributed by atoms with Gasteiger partial charge in [0.1, 0.15) is 6.61 Å². The van der Waals surface area contributed by atoms with E-state index in [4.69, 9.17) is 4.74 Å². The summed E-state index contributed by atoms with van der Waals surface area (Å²) in [7, 11) is 0. The first kappa shape index (κ1) is 22.1. The lowest BCUT2D eigenvalue weighted by atomic mass is 9.74. The normalized spacial score (nSPS) is 24.0.